The molecule has 0 fully saturated rings. The molecule has 32 heavy (non-hydrogen) atoms. The van der Waals surface area contributed by atoms with Gasteiger partial charge in [0, 0.05) is 5.56 Å². The van der Waals surface area contributed by atoms with Crippen molar-refractivity contribution in [3.05, 3.63) is 60.4 Å². The number of phenolic OH excluding ortho intramolecular Hbond substituents is 1. The number of carbonyl (C=O) groups excluding carboxylic acids is 2. The molecule has 0 saturated heterocycles. The molecule has 2 N–H and O–H groups in total. The van der Waals surface area contributed by atoms with Crippen molar-refractivity contribution in [3.63, 3.8) is 0 Å². The van der Waals surface area contributed by atoms with Gasteiger partial charge in [-0.15, -0.1) is 0 Å². The highest BCUT2D eigenvalue weighted by Crippen LogP contribution is 2.38. The summed E-state index contributed by atoms with van der Waals surface area (Å²) in [6.45, 7) is 0. The summed E-state index contributed by atoms with van der Waals surface area (Å²) in [6.07, 6.45) is 0.154. The molecule has 166 valence electrons. The number of halogens is 4. The molecule has 3 rings (SSSR count). The predicted octanol–water partition coefficient (Wildman–Crippen LogP) is 6.25. The summed E-state index contributed by atoms with van der Waals surface area (Å²) in [5, 5.41) is 19.7. The molecule has 0 aliphatic carbocycles. The van der Waals surface area contributed by atoms with Crippen molar-refractivity contribution in [2.24, 2.45) is 5.16 Å². The van der Waals surface area contributed by atoms with Crippen LogP contribution in [0.1, 0.15) is 15.9 Å². The molecular weight excluding hydrogens is 597 g/mol. The summed E-state index contributed by atoms with van der Waals surface area (Å²) < 4.78 is 10.7. The van der Waals surface area contributed by atoms with E-state index in [0.717, 1.165) is 7.11 Å². The molecule has 3 aromatic rings. The Morgan fingerprint density at radius 2 is 1.84 bits per heavy atom. The molecule has 0 saturated carbocycles. The number of esters is 1. The fourth-order valence-corrected chi connectivity index (χ4v) is 4.27. The molecule has 2 aromatic carbocycles. The Kier molecular flexibility index (Phi) is 7.77. The van der Waals surface area contributed by atoms with Gasteiger partial charge >= 0.3 is 12.1 Å². The lowest BCUT2D eigenvalue weighted by atomic mass is 10.1. The fourth-order valence-electron chi connectivity index (χ4n) is 2.47. The van der Waals surface area contributed by atoms with E-state index in [9.17, 15) is 14.7 Å². The van der Waals surface area contributed by atoms with Gasteiger partial charge in [-0.25, -0.2) is 9.59 Å². The molecular formula is C19H11Br2Cl2N3O6. The number of methoxy groups -OCH3 is 1. The number of anilines is 1. The van der Waals surface area contributed by atoms with Crippen molar-refractivity contribution in [3.8, 4) is 17.0 Å². The third kappa shape index (κ3) is 5.23. The van der Waals surface area contributed by atoms with Crippen molar-refractivity contribution in [2.75, 3.05) is 12.4 Å². The maximum Gasteiger partial charge on any atom is 0.440 e. The summed E-state index contributed by atoms with van der Waals surface area (Å²) >= 11 is 18.7. The molecule has 9 nitrogen and oxygen atoms in total. The lowest BCUT2D eigenvalue weighted by Gasteiger charge is -2.06. The SMILES string of the molecule is COC(=O)c1c(-c2c(Cl)cccc2Cl)noc1NC(=O)ON=Cc1cc(Br)c(O)c(Br)c1. The number of benzene rings is 2. The molecule has 0 bridgehead atoms. The first-order chi connectivity index (χ1) is 15.2. The Morgan fingerprint density at radius 3 is 2.44 bits per heavy atom. The van der Waals surface area contributed by atoms with Crippen molar-refractivity contribution in [2.45, 2.75) is 0 Å². The van der Waals surface area contributed by atoms with E-state index in [1.807, 2.05) is 0 Å². The van der Waals surface area contributed by atoms with E-state index in [2.05, 4.69) is 47.5 Å². The maximum atomic E-state index is 12.3. The standard InChI is InChI=1S/C19H11Br2Cl2N3O6/c1-30-18(28)14-15(13-11(22)3-2-4-12(13)23)26-31-17(14)25-19(29)32-24-7-8-5-9(20)16(27)10(21)6-8/h2-7,27H,1H3,(H,25,29). The van der Waals surface area contributed by atoms with Crippen LogP contribution >= 0.6 is 55.1 Å². The zero-order chi connectivity index (χ0) is 23.4. The molecule has 1 amide bonds. The number of nitrogens with one attached hydrogen (secondary N) is 1. The number of nitrogens with zero attached hydrogens (tertiary/aromatic N) is 2. The Morgan fingerprint density at radius 1 is 1.22 bits per heavy atom. The van der Waals surface area contributed by atoms with Gasteiger partial charge < -0.3 is 14.4 Å². The molecule has 0 aliphatic heterocycles. The van der Waals surface area contributed by atoms with Crippen LogP contribution < -0.4 is 5.32 Å². The van der Waals surface area contributed by atoms with Gasteiger partial charge in [-0.05, 0) is 61.7 Å². The minimum Gasteiger partial charge on any atom is -0.506 e. The minimum atomic E-state index is -1.07. The van der Waals surface area contributed by atoms with Gasteiger partial charge in [-0.3, -0.25) is 10.2 Å². The number of rotatable bonds is 5. The number of oxime groups is 1. The van der Waals surface area contributed by atoms with Crippen molar-refractivity contribution in [1.82, 2.24) is 5.16 Å². The molecule has 1 heterocycles. The van der Waals surface area contributed by atoms with Crippen LogP contribution in [0.25, 0.3) is 11.3 Å². The van der Waals surface area contributed by atoms with Gasteiger partial charge in [0.05, 0.1) is 32.3 Å². The Labute approximate surface area is 207 Å². The first-order valence-electron chi connectivity index (χ1n) is 8.44. The second-order valence-electron chi connectivity index (χ2n) is 5.89. The van der Waals surface area contributed by atoms with E-state index in [-0.39, 0.29) is 38.5 Å². The average molecular weight is 608 g/mol. The number of carbonyl (C=O) groups is 2. The van der Waals surface area contributed by atoms with Crippen LogP contribution in [0.3, 0.4) is 0 Å². The predicted molar refractivity (Wildman–Crippen MR) is 125 cm³/mol. The number of ether oxygens (including phenoxy) is 1. The highest BCUT2D eigenvalue weighted by Gasteiger charge is 2.29. The van der Waals surface area contributed by atoms with Gasteiger partial charge in [0.2, 0.25) is 5.88 Å². The molecule has 0 atom stereocenters. The van der Waals surface area contributed by atoms with E-state index in [0.29, 0.717) is 14.5 Å². The van der Waals surface area contributed by atoms with Crippen LogP contribution in [-0.4, -0.2) is 35.7 Å². The topological polar surface area (TPSA) is 123 Å². The van der Waals surface area contributed by atoms with E-state index in [1.165, 1.54) is 6.21 Å². The summed E-state index contributed by atoms with van der Waals surface area (Å²) in [4.78, 5) is 29.2. The number of hydrogen-bond donors (Lipinski definition) is 2. The third-order valence-corrected chi connectivity index (χ3v) is 5.71. The molecule has 0 spiro atoms. The van der Waals surface area contributed by atoms with Crippen LogP contribution in [0.4, 0.5) is 10.7 Å². The second kappa shape index (κ2) is 10.3. The molecule has 1 aromatic heterocycles. The van der Waals surface area contributed by atoms with Gasteiger partial charge in [-0.2, -0.15) is 0 Å². The van der Waals surface area contributed by atoms with Crippen molar-refractivity contribution >= 4 is 79.2 Å². The van der Waals surface area contributed by atoms with Crippen molar-refractivity contribution in [1.29, 1.82) is 0 Å². The van der Waals surface area contributed by atoms with E-state index < -0.39 is 12.1 Å². The zero-order valence-electron chi connectivity index (χ0n) is 15.9. The molecule has 0 aliphatic rings. The summed E-state index contributed by atoms with van der Waals surface area (Å²) in [7, 11) is 1.15. The molecule has 13 heteroatoms. The van der Waals surface area contributed by atoms with Gasteiger partial charge in [0.1, 0.15) is 11.4 Å². The van der Waals surface area contributed by atoms with Gasteiger partial charge in [0.15, 0.2) is 5.56 Å². The lowest BCUT2D eigenvalue weighted by molar-refractivity contribution is 0.0602. The largest absolute Gasteiger partial charge is 0.506 e. The quantitative estimate of drug-likeness (QED) is 0.152. The van der Waals surface area contributed by atoms with Crippen molar-refractivity contribution < 1.29 is 28.8 Å². The number of amides is 1. The smallest absolute Gasteiger partial charge is 0.440 e. The molecule has 0 unspecified atom stereocenters. The average Bonchev–Trinajstić information content (AvgIpc) is 3.14. The second-order valence-corrected chi connectivity index (χ2v) is 8.42. The van der Waals surface area contributed by atoms with Crippen LogP contribution in [-0.2, 0) is 9.57 Å². The van der Waals surface area contributed by atoms with Gasteiger partial charge in [-0.1, -0.05) is 39.6 Å². The number of phenols is 1. The highest BCUT2D eigenvalue weighted by molar-refractivity contribution is 9.11. The lowest BCUT2D eigenvalue weighted by Crippen LogP contribution is -2.14. The summed E-state index contributed by atoms with van der Waals surface area (Å²) in [6, 6.07) is 7.82. The first kappa shape index (κ1) is 24.1. The van der Waals surface area contributed by atoms with E-state index in [4.69, 9.17) is 37.3 Å². The van der Waals surface area contributed by atoms with E-state index in [1.54, 1.807) is 30.3 Å². The maximum absolute atomic E-state index is 12.3. The van der Waals surface area contributed by atoms with Crippen LogP contribution in [0, 0.1) is 0 Å². The summed E-state index contributed by atoms with van der Waals surface area (Å²) in [5.74, 6) is -1.19. The number of aromatic nitrogens is 1. The zero-order valence-corrected chi connectivity index (χ0v) is 20.5. The Bertz CT molecular complexity index is 1190. The Hall–Kier alpha value is -2.60. The van der Waals surface area contributed by atoms with Gasteiger partial charge in [0.25, 0.3) is 0 Å². The number of aromatic hydroxyl groups is 1. The number of hydrogen-bond acceptors (Lipinski definition) is 8. The minimum absolute atomic E-state index is 0.0101. The third-order valence-electron chi connectivity index (χ3n) is 3.87. The first-order valence-corrected chi connectivity index (χ1v) is 10.8. The summed E-state index contributed by atoms with van der Waals surface area (Å²) in [5.41, 5.74) is 0.502. The highest BCUT2D eigenvalue weighted by atomic mass is 79.9. The van der Waals surface area contributed by atoms with Crippen LogP contribution in [0.5, 0.6) is 5.75 Å². The molecule has 0 radical (unpaired) electrons. The normalized spacial score (nSPS) is 10.9. The fraction of sp³-hybridized carbons (Fsp3) is 0.0526. The monoisotopic (exact) mass is 605 g/mol. The van der Waals surface area contributed by atoms with Crippen LogP contribution in [0.15, 0.2) is 49.0 Å². The Balaban J connectivity index is 1.82. The van der Waals surface area contributed by atoms with Crippen LogP contribution in [0.2, 0.25) is 10.0 Å². The van der Waals surface area contributed by atoms with E-state index >= 15 is 0 Å².